The van der Waals surface area contributed by atoms with E-state index in [2.05, 4.69) is 4.98 Å². The minimum absolute atomic E-state index is 0.0231. The molecule has 0 spiro atoms. The number of benzene rings is 2. The van der Waals surface area contributed by atoms with E-state index in [4.69, 9.17) is 0 Å². The third-order valence-electron chi connectivity index (χ3n) is 3.97. The Balaban J connectivity index is 2.30. The normalized spacial score (nSPS) is 11.7. The SMILES string of the molecule is Cc1cc(C)c2c(C(=O)O)cc(-c3cccc(C(F)(F)F)c3)nc2c1. The molecule has 0 saturated heterocycles. The molecular formula is C19H14F3NO2. The van der Waals surface area contributed by atoms with E-state index in [0.29, 0.717) is 10.9 Å². The van der Waals surface area contributed by atoms with Gasteiger partial charge in [-0.05, 0) is 49.2 Å². The summed E-state index contributed by atoms with van der Waals surface area (Å²) in [4.78, 5) is 16.1. The minimum atomic E-state index is -4.48. The van der Waals surface area contributed by atoms with Crippen LogP contribution in [0.2, 0.25) is 0 Å². The van der Waals surface area contributed by atoms with Crippen LogP contribution in [0.3, 0.4) is 0 Å². The van der Waals surface area contributed by atoms with Gasteiger partial charge in [0.25, 0.3) is 0 Å². The number of carboxylic acid groups (broad SMARTS) is 1. The van der Waals surface area contributed by atoms with Gasteiger partial charge < -0.3 is 5.11 Å². The first-order valence-electron chi connectivity index (χ1n) is 7.50. The van der Waals surface area contributed by atoms with Crippen LogP contribution in [0.5, 0.6) is 0 Å². The summed E-state index contributed by atoms with van der Waals surface area (Å²) in [5, 5.41) is 10.0. The van der Waals surface area contributed by atoms with Crippen LogP contribution in [-0.4, -0.2) is 16.1 Å². The van der Waals surface area contributed by atoms with Gasteiger partial charge in [-0.15, -0.1) is 0 Å². The summed E-state index contributed by atoms with van der Waals surface area (Å²) >= 11 is 0. The van der Waals surface area contributed by atoms with Gasteiger partial charge in [0.05, 0.1) is 22.3 Å². The fourth-order valence-electron chi connectivity index (χ4n) is 2.93. The highest BCUT2D eigenvalue weighted by Crippen LogP contribution is 2.33. The predicted octanol–water partition coefficient (Wildman–Crippen LogP) is 5.24. The van der Waals surface area contributed by atoms with Crippen LogP contribution in [0.15, 0.2) is 42.5 Å². The predicted molar refractivity (Wildman–Crippen MR) is 88.6 cm³/mol. The topological polar surface area (TPSA) is 50.2 Å². The molecule has 0 amide bonds. The molecule has 0 bridgehead atoms. The lowest BCUT2D eigenvalue weighted by Crippen LogP contribution is -2.05. The van der Waals surface area contributed by atoms with Gasteiger partial charge in [0.2, 0.25) is 0 Å². The highest BCUT2D eigenvalue weighted by molar-refractivity contribution is 6.05. The summed E-state index contributed by atoms with van der Waals surface area (Å²) < 4.78 is 38.8. The molecule has 1 aromatic heterocycles. The first-order chi connectivity index (χ1) is 11.7. The monoisotopic (exact) mass is 345 g/mol. The number of alkyl halides is 3. The average Bonchev–Trinajstić information content (AvgIpc) is 2.52. The van der Waals surface area contributed by atoms with Gasteiger partial charge in [-0.3, -0.25) is 0 Å². The zero-order valence-electron chi connectivity index (χ0n) is 13.5. The van der Waals surface area contributed by atoms with Crippen molar-refractivity contribution < 1.29 is 23.1 Å². The van der Waals surface area contributed by atoms with Crippen molar-refractivity contribution >= 4 is 16.9 Å². The number of aromatic nitrogens is 1. The van der Waals surface area contributed by atoms with Gasteiger partial charge in [0.15, 0.2) is 0 Å². The fraction of sp³-hybridized carbons (Fsp3) is 0.158. The van der Waals surface area contributed by atoms with Crippen molar-refractivity contribution in [3.05, 3.63) is 64.7 Å². The minimum Gasteiger partial charge on any atom is -0.478 e. The molecule has 0 radical (unpaired) electrons. The highest BCUT2D eigenvalue weighted by atomic mass is 19.4. The molecule has 3 aromatic rings. The van der Waals surface area contributed by atoms with Crippen LogP contribution in [0.4, 0.5) is 13.2 Å². The third-order valence-corrected chi connectivity index (χ3v) is 3.97. The molecule has 25 heavy (non-hydrogen) atoms. The van der Waals surface area contributed by atoms with E-state index < -0.39 is 17.7 Å². The van der Waals surface area contributed by atoms with E-state index in [9.17, 15) is 23.1 Å². The molecule has 0 aliphatic rings. The number of carboxylic acids is 1. The van der Waals surface area contributed by atoms with Crippen LogP contribution >= 0.6 is 0 Å². The van der Waals surface area contributed by atoms with Crippen LogP contribution in [0, 0.1) is 13.8 Å². The summed E-state index contributed by atoms with van der Waals surface area (Å²) in [6.45, 7) is 3.64. The van der Waals surface area contributed by atoms with Crippen LogP contribution in [-0.2, 0) is 6.18 Å². The summed E-state index contributed by atoms with van der Waals surface area (Å²) in [6.07, 6.45) is -4.48. The Bertz CT molecular complexity index is 994. The first kappa shape index (κ1) is 17.0. The number of halogens is 3. The third kappa shape index (κ3) is 3.20. The molecule has 3 rings (SSSR count). The fourth-order valence-corrected chi connectivity index (χ4v) is 2.93. The molecule has 0 aliphatic heterocycles. The van der Waals surface area contributed by atoms with E-state index in [1.807, 2.05) is 13.0 Å². The van der Waals surface area contributed by atoms with Crippen molar-refractivity contribution in [3.63, 3.8) is 0 Å². The molecule has 2 aromatic carbocycles. The van der Waals surface area contributed by atoms with E-state index in [1.54, 1.807) is 13.0 Å². The van der Waals surface area contributed by atoms with E-state index in [0.717, 1.165) is 23.3 Å². The maximum absolute atomic E-state index is 12.9. The number of pyridine rings is 1. The quantitative estimate of drug-likeness (QED) is 0.691. The van der Waals surface area contributed by atoms with E-state index in [1.165, 1.54) is 18.2 Å². The molecular weight excluding hydrogens is 331 g/mol. The Morgan fingerprint density at radius 2 is 1.80 bits per heavy atom. The van der Waals surface area contributed by atoms with Gasteiger partial charge >= 0.3 is 12.1 Å². The number of rotatable bonds is 2. The standard InChI is InChI=1S/C19H14F3NO2/c1-10-6-11(2)17-14(18(24)25)9-15(23-16(17)7-10)12-4-3-5-13(8-12)19(20,21)22/h3-9H,1-2H3,(H,24,25). The number of aromatic carboxylic acids is 1. The van der Waals surface area contributed by atoms with Crippen LogP contribution in [0.25, 0.3) is 22.2 Å². The molecule has 6 heteroatoms. The summed E-state index contributed by atoms with van der Waals surface area (Å²) in [5.74, 6) is -1.15. The Morgan fingerprint density at radius 1 is 1.08 bits per heavy atom. The van der Waals surface area contributed by atoms with Crippen LogP contribution < -0.4 is 0 Å². The average molecular weight is 345 g/mol. The molecule has 128 valence electrons. The summed E-state index contributed by atoms with van der Waals surface area (Å²) in [5.41, 5.74) is 1.74. The second kappa shape index (κ2) is 5.88. The van der Waals surface area contributed by atoms with E-state index in [-0.39, 0.29) is 16.8 Å². The second-order valence-electron chi connectivity index (χ2n) is 5.91. The van der Waals surface area contributed by atoms with Crippen molar-refractivity contribution in [2.75, 3.05) is 0 Å². The number of hydrogen-bond acceptors (Lipinski definition) is 2. The zero-order valence-corrected chi connectivity index (χ0v) is 13.5. The Hall–Kier alpha value is -2.89. The lowest BCUT2D eigenvalue weighted by Gasteiger charge is -2.12. The number of aryl methyl sites for hydroxylation is 2. The smallest absolute Gasteiger partial charge is 0.416 e. The van der Waals surface area contributed by atoms with Crippen molar-refractivity contribution in [3.8, 4) is 11.3 Å². The number of carbonyl (C=O) groups is 1. The first-order valence-corrected chi connectivity index (χ1v) is 7.50. The molecule has 0 fully saturated rings. The number of hydrogen-bond donors (Lipinski definition) is 1. The van der Waals surface area contributed by atoms with Gasteiger partial charge in [-0.2, -0.15) is 13.2 Å². The molecule has 1 N–H and O–H groups in total. The maximum Gasteiger partial charge on any atom is 0.416 e. The van der Waals surface area contributed by atoms with Gasteiger partial charge in [-0.1, -0.05) is 18.2 Å². The molecule has 0 saturated carbocycles. The molecule has 0 atom stereocenters. The maximum atomic E-state index is 12.9. The lowest BCUT2D eigenvalue weighted by molar-refractivity contribution is -0.137. The largest absolute Gasteiger partial charge is 0.478 e. The van der Waals surface area contributed by atoms with E-state index >= 15 is 0 Å². The Labute approximate surface area is 141 Å². The van der Waals surface area contributed by atoms with Crippen molar-refractivity contribution in [2.24, 2.45) is 0 Å². The summed E-state index contributed by atoms with van der Waals surface area (Å²) in [6, 6.07) is 9.61. The molecule has 1 heterocycles. The molecule has 0 aliphatic carbocycles. The number of fused-ring (bicyclic) bond motifs is 1. The Morgan fingerprint density at radius 3 is 2.44 bits per heavy atom. The van der Waals surface area contributed by atoms with Crippen molar-refractivity contribution in [1.82, 2.24) is 4.98 Å². The van der Waals surface area contributed by atoms with Gasteiger partial charge in [-0.25, -0.2) is 9.78 Å². The van der Waals surface area contributed by atoms with Gasteiger partial charge in [0.1, 0.15) is 0 Å². The van der Waals surface area contributed by atoms with Crippen LogP contribution in [0.1, 0.15) is 27.0 Å². The Kier molecular flexibility index (Phi) is 3.99. The molecule has 3 nitrogen and oxygen atoms in total. The zero-order chi connectivity index (χ0) is 18.4. The van der Waals surface area contributed by atoms with Crippen molar-refractivity contribution in [1.29, 1.82) is 0 Å². The highest BCUT2D eigenvalue weighted by Gasteiger charge is 2.30. The lowest BCUT2D eigenvalue weighted by atomic mass is 9.98. The summed E-state index contributed by atoms with van der Waals surface area (Å²) in [7, 11) is 0. The van der Waals surface area contributed by atoms with Gasteiger partial charge in [0, 0.05) is 10.9 Å². The second-order valence-corrected chi connectivity index (χ2v) is 5.91. The molecule has 0 unspecified atom stereocenters. The van der Waals surface area contributed by atoms with Crippen molar-refractivity contribution in [2.45, 2.75) is 20.0 Å². The number of nitrogens with zero attached hydrogens (tertiary/aromatic N) is 1.